The van der Waals surface area contributed by atoms with Gasteiger partial charge < -0.3 is 10.2 Å². The molecule has 1 aromatic heterocycles. The number of rotatable bonds is 3. The second kappa shape index (κ2) is 4.59. The first-order valence-electron chi connectivity index (χ1n) is 4.83. The summed E-state index contributed by atoms with van der Waals surface area (Å²) in [6, 6.07) is 11.1. The summed E-state index contributed by atoms with van der Waals surface area (Å²) in [7, 11) is 0. The molecule has 0 spiro atoms. The smallest absolute Gasteiger partial charge is 0.224 e. The van der Waals surface area contributed by atoms with E-state index in [1.165, 1.54) is 0 Å². The number of nitrogens with zero attached hydrogens (tertiary/aromatic N) is 2. The third kappa shape index (κ3) is 2.46. The molecule has 16 heavy (non-hydrogen) atoms. The Morgan fingerprint density at radius 1 is 1.19 bits per heavy atom. The maximum absolute atomic E-state index is 5.56. The number of hydrazine groups is 1. The van der Waals surface area contributed by atoms with E-state index in [-0.39, 0.29) is 0 Å². The maximum Gasteiger partial charge on any atom is 0.224 e. The highest BCUT2D eigenvalue weighted by Crippen LogP contribution is 2.20. The van der Waals surface area contributed by atoms with Gasteiger partial charge in [0.05, 0.1) is 0 Å². The van der Waals surface area contributed by atoms with Crippen LogP contribution in [0.3, 0.4) is 0 Å². The summed E-state index contributed by atoms with van der Waals surface area (Å²) >= 11 is 0. The lowest BCUT2D eigenvalue weighted by Gasteiger charge is -2.06. The van der Waals surface area contributed by atoms with Crippen LogP contribution in [-0.2, 0) is 0 Å². The Morgan fingerprint density at radius 2 is 1.94 bits per heavy atom. The summed E-state index contributed by atoms with van der Waals surface area (Å²) in [5.74, 6) is 7.60. The first kappa shape index (κ1) is 10.4. The lowest BCUT2D eigenvalue weighted by molar-refractivity contribution is 0.460. The van der Waals surface area contributed by atoms with Gasteiger partial charge in [0.25, 0.3) is 0 Å². The summed E-state index contributed by atoms with van der Waals surface area (Å²) in [5, 5.41) is 0. The number of para-hydroxylation sites is 1. The Morgan fingerprint density at radius 3 is 2.62 bits per heavy atom. The molecule has 0 amide bonds. The van der Waals surface area contributed by atoms with E-state index in [1.807, 2.05) is 30.3 Å². The molecule has 1 aromatic carbocycles. The van der Waals surface area contributed by atoms with Crippen molar-refractivity contribution in [3.05, 3.63) is 42.2 Å². The number of benzene rings is 1. The number of hydrogen-bond acceptors (Lipinski definition) is 5. The second-order valence-electron chi connectivity index (χ2n) is 3.20. The summed E-state index contributed by atoms with van der Waals surface area (Å²) < 4.78 is 5.56. The van der Waals surface area contributed by atoms with E-state index in [1.54, 1.807) is 13.0 Å². The normalized spacial score (nSPS) is 9.88. The number of ether oxygens (including phenoxy) is 1. The van der Waals surface area contributed by atoms with E-state index >= 15 is 0 Å². The highest BCUT2D eigenvalue weighted by molar-refractivity contribution is 5.38. The number of hydrogen-bond donors (Lipinski definition) is 2. The van der Waals surface area contributed by atoms with Gasteiger partial charge in [-0.25, -0.2) is 10.8 Å². The number of nitrogens with two attached hydrogens (primary N) is 1. The summed E-state index contributed by atoms with van der Waals surface area (Å²) in [4.78, 5) is 8.21. The zero-order valence-electron chi connectivity index (χ0n) is 8.84. The van der Waals surface area contributed by atoms with Gasteiger partial charge in [-0.3, -0.25) is 0 Å². The molecule has 2 rings (SSSR count). The Bertz CT molecular complexity index is 473. The molecule has 3 N–H and O–H groups in total. The van der Waals surface area contributed by atoms with Gasteiger partial charge in [-0.15, -0.1) is 0 Å². The minimum atomic E-state index is 0.464. The maximum atomic E-state index is 5.56. The Labute approximate surface area is 93.3 Å². The minimum absolute atomic E-state index is 0.464. The largest absolute Gasteiger partial charge is 0.439 e. The van der Waals surface area contributed by atoms with E-state index in [0.717, 1.165) is 5.75 Å². The van der Waals surface area contributed by atoms with Crippen LogP contribution in [0.4, 0.5) is 5.82 Å². The fourth-order valence-corrected chi connectivity index (χ4v) is 1.28. The van der Waals surface area contributed by atoms with E-state index in [9.17, 15) is 0 Å². The van der Waals surface area contributed by atoms with Crippen LogP contribution >= 0.6 is 0 Å². The molecular weight excluding hydrogens is 204 g/mol. The molecule has 82 valence electrons. The van der Waals surface area contributed by atoms with Crippen LogP contribution < -0.4 is 16.0 Å². The number of aromatic nitrogens is 2. The topological polar surface area (TPSA) is 73.1 Å². The van der Waals surface area contributed by atoms with Gasteiger partial charge in [0, 0.05) is 6.07 Å². The second-order valence-corrected chi connectivity index (χ2v) is 3.20. The lowest BCUT2D eigenvalue weighted by Crippen LogP contribution is -2.09. The van der Waals surface area contributed by atoms with Gasteiger partial charge in [0.1, 0.15) is 17.4 Å². The van der Waals surface area contributed by atoms with E-state index < -0.39 is 0 Å². The van der Waals surface area contributed by atoms with E-state index in [2.05, 4.69) is 15.4 Å². The molecule has 0 aliphatic heterocycles. The zero-order valence-corrected chi connectivity index (χ0v) is 8.84. The van der Waals surface area contributed by atoms with Gasteiger partial charge in [0.2, 0.25) is 5.88 Å². The highest BCUT2D eigenvalue weighted by atomic mass is 16.5. The number of nitrogens with one attached hydrogen (secondary N) is 1. The summed E-state index contributed by atoms with van der Waals surface area (Å²) in [6.45, 7) is 1.78. The Balaban J connectivity index is 2.24. The average Bonchev–Trinajstić information content (AvgIpc) is 2.29. The molecule has 5 heteroatoms. The summed E-state index contributed by atoms with van der Waals surface area (Å²) in [6.07, 6.45) is 0. The summed E-state index contributed by atoms with van der Waals surface area (Å²) in [5.41, 5.74) is 2.46. The number of nitrogen functional groups attached to an aromatic ring is 1. The molecule has 0 radical (unpaired) electrons. The van der Waals surface area contributed by atoms with Gasteiger partial charge in [0.15, 0.2) is 0 Å². The molecule has 0 bridgehead atoms. The molecule has 0 unspecified atom stereocenters. The zero-order chi connectivity index (χ0) is 11.4. The fourth-order valence-electron chi connectivity index (χ4n) is 1.28. The first-order chi connectivity index (χ1) is 7.78. The van der Waals surface area contributed by atoms with Crippen LogP contribution in [0.2, 0.25) is 0 Å². The predicted molar refractivity (Wildman–Crippen MR) is 61.1 cm³/mol. The SMILES string of the molecule is Cc1nc(NN)cc(Oc2ccccc2)n1. The van der Waals surface area contributed by atoms with Crippen molar-refractivity contribution in [3.63, 3.8) is 0 Å². The highest BCUT2D eigenvalue weighted by Gasteiger charge is 2.02. The molecule has 0 aliphatic rings. The van der Waals surface area contributed by atoms with Crippen LogP contribution in [0.5, 0.6) is 11.6 Å². The lowest BCUT2D eigenvalue weighted by atomic mass is 10.3. The first-order valence-corrected chi connectivity index (χ1v) is 4.83. The van der Waals surface area contributed by atoms with Crippen LogP contribution in [-0.4, -0.2) is 9.97 Å². The van der Waals surface area contributed by atoms with Crippen molar-refractivity contribution in [3.8, 4) is 11.6 Å². The van der Waals surface area contributed by atoms with Crippen molar-refractivity contribution >= 4 is 5.82 Å². The standard InChI is InChI=1S/C11H12N4O/c1-8-13-10(15-12)7-11(14-8)16-9-5-3-2-4-6-9/h2-7H,12H2,1H3,(H,13,14,15). The molecule has 0 saturated carbocycles. The molecule has 5 nitrogen and oxygen atoms in total. The van der Waals surface area contributed by atoms with Crippen molar-refractivity contribution in [2.75, 3.05) is 5.43 Å². The van der Waals surface area contributed by atoms with Gasteiger partial charge in [-0.2, -0.15) is 4.98 Å². The van der Waals surface area contributed by atoms with Gasteiger partial charge in [-0.05, 0) is 19.1 Å². The molecule has 0 fully saturated rings. The third-order valence-electron chi connectivity index (χ3n) is 1.93. The quantitative estimate of drug-likeness (QED) is 0.605. The molecule has 0 aliphatic carbocycles. The third-order valence-corrected chi connectivity index (χ3v) is 1.93. The van der Waals surface area contributed by atoms with Crippen LogP contribution in [0, 0.1) is 6.92 Å². The van der Waals surface area contributed by atoms with Crippen molar-refractivity contribution in [1.82, 2.24) is 9.97 Å². The minimum Gasteiger partial charge on any atom is -0.439 e. The molecular formula is C11H12N4O. The van der Waals surface area contributed by atoms with Crippen LogP contribution in [0.25, 0.3) is 0 Å². The van der Waals surface area contributed by atoms with Crippen LogP contribution in [0.15, 0.2) is 36.4 Å². The van der Waals surface area contributed by atoms with Crippen molar-refractivity contribution in [1.29, 1.82) is 0 Å². The fraction of sp³-hybridized carbons (Fsp3) is 0.0909. The number of anilines is 1. The molecule has 1 heterocycles. The van der Waals surface area contributed by atoms with Gasteiger partial charge >= 0.3 is 0 Å². The monoisotopic (exact) mass is 216 g/mol. The van der Waals surface area contributed by atoms with Crippen molar-refractivity contribution in [2.45, 2.75) is 6.92 Å². The molecule has 0 atom stereocenters. The van der Waals surface area contributed by atoms with Crippen molar-refractivity contribution < 1.29 is 4.74 Å². The molecule has 0 saturated heterocycles. The van der Waals surface area contributed by atoms with Crippen LogP contribution in [0.1, 0.15) is 5.82 Å². The van der Waals surface area contributed by atoms with Crippen molar-refractivity contribution in [2.24, 2.45) is 5.84 Å². The van der Waals surface area contributed by atoms with E-state index in [4.69, 9.17) is 10.6 Å². The van der Waals surface area contributed by atoms with Gasteiger partial charge in [-0.1, -0.05) is 18.2 Å². The Hall–Kier alpha value is -2.14. The molecule has 2 aromatic rings. The van der Waals surface area contributed by atoms with E-state index in [0.29, 0.717) is 17.5 Å². The predicted octanol–water partition coefficient (Wildman–Crippen LogP) is 1.86. The Kier molecular flexibility index (Phi) is 2.98. The number of aryl methyl sites for hydroxylation is 1. The average molecular weight is 216 g/mol.